The molecule has 2 amide bonds. The number of nitrogens with one attached hydrogen (secondary N) is 1. The fraction of sp³-hybridized carbons (Fsp3) is 0.500. The summed E-state index contributed by atoms with van der Waals surface area (Å²) in [5, 5.41) is 3.50. The van der Waals surface area contributed by atoms with Gasteiger partial charge in [0.2, 0.25) is 11.8 Å². The molecule has 1 aromatic rings. The molecule has 1 heterocycles. The quantitative estimate of drug-likeness (QED) is 0.929. The van der Waals surface area contributed by atoms with Gasteiger partial charge in [-0.3, -0.25) is 9.59 Å². The molecular formula is C16H21ClN2O2. The molecule has 5 heteroatoms. The average Bonchev–Trinajstić information content (AvgIpc) is 2.48. The Balaban J connectivity index is 2.06. The van der Waals surface area contributed by atoms with Crippen LogP contribution in [0.3, 0.4) is 0 Å². The van der Waals surface area contributed by atoms with E-state index in [4.69, 9.17) is 11.6 Å². The van der Waals surface area contributed by atoms with Crippen molar-refractivity contribution in [2.75, 3.05) is 13.1 Å². The van der Waals surface area contributed by atoms with Gasteiger partial charge in [0.15, 0.2) is 0 Å². The normalized spacial score (nSPS) is 16.4. The minimum atomic E-state index is -0.297. The minimum Gasteiger partial charge on any atom is -0.349 e. The highest BCUT2D eigenvalue weighted by atomic mass is 35.5. The monoisotopic (exact) mass is 308 g/mol. The Morgan fingerprint density at radius 2 is 1.81 bits per heavy atom. The maximum Gasteiger partial charge on any atom is 0.224 e. The Morgan fingerprint density at radius 1 is 1.19 bits per heavy atom. The van der Waals surface area contributed by atoms with E-state index in [-0.39, 0.29) is 17.9 Å². The lowest BCUT2D eigenvalue weighted by Gasteiger charge is -2.28. The Hall–Kier alpha value is -1.55. The highest BCUT2D eigenvalue weighted by Crippen LogP contribution is 2.21. The molecule has 0 radical (unpaired) electrons. The number of nitrogens with zero attached hydrogens (tertiary/aromatic N) is 1. The third-order valence-electron chi connectivity index (χ3n) is 3.74. The SMILES string of the molecule is CC(=O)N[C@H](CC(=O)N1CCCCC1)c1ccc(Cl)cc1. The first-order valence-corrected chi connectivity index (χ1v) is 7.74. The summed E-state index contributed by atoms with van der Waals surface area (Å²) in [6.07, 6.45) is 3.62. The number of hydrogen-bond donors (Lipinski definition) is 1. The molecule has 1 fully saturated rings. The summed E-state index contributed by atoms with van der Waals surface area (Å²) in [4.78, 5) is 25.7. The number of benzene rings is 1. The lowest BCUT2D eigenvalue weighted by Crippen LogP contribution is -2.38. The summed E-state index contributed by atoms with van der Waals surface area (Å²) in [5.41, 5.74) is 0.903. The standard InChI is InChI=1S/C16H21ClN2O2/c1-12(20)18-15(13-5-7-14(17)8-6-13)11-16(21)19-9-3-2-4-10-19/h5-8,15H,2-4,9-11H2,1H3,(H,18,20)/t15-/m1/s1. The molecule has 0 spiro atoms. The largest absolute Gasteiger partial charge is 0.349 e. The second-order valence-corrected chi connectivity index (χ2v) is 5.89. The van der Waals surface area contributed by atoms with Crippen LogP contribution in [0.2, 0.25) is 5.02 Å². The molecule has 2 rings (SSSR count). The number of halogens is 1. The number of carbonyl (C=O) groups is 2. The summed E-state index contributed by atoms with van der Waals surface area (Å²) in [6, 6.07) is 6.96. The zero-order valence-electron chi connectivity index (χ0n) is 12.3. The summed E-state index contributed by atoms with van der Waals surface area (Å²) in [6.45, 7) is 3.12. The van der Waals surface area contributed by atoms with E-state index in [9.17, 15) is 9.59 Å². The van der Waals surface area contributed by atoms with Gasteiger partial charge in [0, 0.05) is 25.0 Å². The van der Waals surface area contributed by atoms with Crippen LogP contribution in [-0.2, 0) is 9.59 Å². The zero-order chi connectivity index (χ0) is 15.2. The van der Waals surface area contributed by atoms with Gasteiger partial charge in [-0.25, -0.2) is 0 Å². The zero-order valence-corrected chi connectivity index (χ0v) is 13.0. The summed E-state index contributed by atoms with van der Waals surface area (Å²) in [5.74, 6) is -0.0372. The molecule has 4 nitrogen and oxygen atoms in total. The van der Waals surface area contributed by atoms with Gasteiger partial charge >= 0.3 is 0 Å². The van der Waals surface area contributed by atoms with E-state index in [0.29, 0.717) is 11.4 Å². The third kappa shape index (κ3) is 4.74. The van der Waals surface area contributed by atoms with Crippen LogP contribution in [0, 0.1) is 0 Å². The maximum atomic E-state index is 12.4. The van der Waals surface area contributed by atoms with Gasteiger partial charge in [-0.1, -0.05) is 23.7 Å². The summed E-state index contributed by atoms with van der Waals surface area (Å²) >= 11 is 5.89. The molecule has 1 atom stereocenters. The van der Waals surface area contributed by atoms with Gasteiger partial charge in [0.05, 0.1) is 12.5 Å². The number of piperidine rings is 1. The molecule has 0 aromatic heterocycles. The van der Waals surface area contributed by atoms with Crippen molar-refractivity contribution in [1.29, 1.82) is 0 Å². The highest BCUT2D eigenvalue weighted by molar-refractivity contribution is 6.30. The van der Waals surface area contributed by atoms with Crippen LogP contribution in [-0.4, -0.2) is 29.8 Å². The van der Waals surface area contributed by atoms with E-state index in [2.05, 4.69) is 5.32 Å². The van der Waals surface area contributed by atoms with E-state index < -0.39 is 0 Å². The van der Waals surface area contributed by atoms with Crippen LogP contribution >= 0.6 is 11.6 Å². The van der Waals surface area contributed by atoms with Crippen molar-refractivity contribution in [2.45, 2.75) is 38.6 Å². The van der Waals surface area contributed by atoms with Crippen molar-refractivity contribution in [1.82, 2.24) is 10.2 Å². The predicted molar refractivity (Wildman–Crippen MR) is 83.1 cm³/mol. The first-order chi connectivity index (χ1) is 10.1. The van der Waals surface area contributed by atoms with E-state index in [1.807, 2.05) is 17.0 Å². The van der Waals surface area contributed by atoms with Crippen LogP contribution < -0.4 is 5.32 Å². The van der Waals surface area contributed by atoms with Gasteiger partial charge in [0.1, 0.15) is 0 Å². The molecule has 0 unspecified atom stereocenters. The van der Waals surface area contributed by atoms with E-state index in [0.717, 1.165) is 31.5 Å². The first kappa shape index (κ1) is 15.8. The lowest BCUT2D eigenvalue weighted by atomic mass is 10.0. The molecule has 1 aliphatic heterocycles. The fourth-order valence-corrected chi connectivity index (χ4v) is 2.77. The second-order valence-electron chi connectivity index (χ2n) is 5.45. The minimum absolute atomic E-state index is 0.100. The maximum absolute atomic E-state index is 12.4. The molecule has 1 aromatic carbocycles. The number of rotatable bonds is 4. The number of hydrogen-bond acceptors (Lipinski definition) is 2. The van der Waals surface area contributed by atoms with Crippen LogP contribution in [0.4, 0.5) is 0 Å². The number of likely N-dealkylation sites (tertiary alicyclic amines) is 1. The Labute approximate surface area is 130 Å². The van der Waals surface area contributed by atoms with Crippen LogP contribution in [0.25, 0.3) is 0 Å². The topological polar surface area (TPSA) is 49.4 Å². The van der Waals surface area contributed by atoms with Gasteiger partial charge in [-0.15, -0.1) is 0 Å². The molecule has 0 bridgehead atoms. The Kier molecular flexibility index (Phi) is 5.62. The van der Waals surface area contributed by atoms with Crippen molar-refractivity contribution in [3.05, 3.63) is 34.9 Å². The summed E-state index contributed by atoms with van der Waals surface area (Å²) in [7, 11) is 0. The molecule has 114 valence electrons. The summed E-state index contributed by atoms with van der Waals surface area (Å²) < 4.78 is 0. The van der Waals surface area contributed by atoms with E-state index in [1.54, 1.807) is 12.1 Å². The van der Waals surface area contributed by atoms with Crippen LogP contribution in [0.15, 0.2) is 24.3 Å². The van der Waals surface area contributed by atoms with E-state index in [1.165, 1.54) is 13.3 Å². The molecular weight excluding hydrogens is 288 g/mol. The number of carbonyl (C=O) groups excluding carboxylic acids is 2. The molecule has 1 saturated heterocycles. The fourth-order valence-electron chi connectivity index (χ4n) is 2.64. The van der Waals surface area contributed by atoms with Crippen LogP contribution in [0.5, 0.6) is 0 Å². The second kappa shape index (κ2) is 7.46. The van der Waals surface area contributed by atoms with Gasteiger partial charge in [0.25, 0.3) is 0 Å². The molecule has 21 heavy (non-hydrogen) atoms. The van der Waals surface area contributed by atoms with Gasteiger partial charge in [-0.2, -0.15) is 0 Å². The van der Waals surface area contributed by atoms with Crippen molar-refractivity contribution in [3.63, 3.8) is 0 Å². The van der Waals surface area contributed by atoms with Crippen molar-refractivity contribution in [3.8, 4) is 0 Å². The van der Waals surface area contributed by atoms with E-state index >= 15 is 0 Å². The molecule has 1 N–H and O–H groups in total. The smallest absolute Gasteiger partial charge is 0.224 e. The Bertz CT molecular complexity index is 496. The van der Waals surface area contributed by atoms with Crippen LogP contribution in [0.1, 0.15) is 44.2 Å². The number of amides is 2. The average molecular weight is 309 g/mol. The van der Waals surface area contributed by atoms with Gasteiger partial charge < -0.3 is 10.2 Å². The van der Waals surface area contributed by atoms with Crippen molar-refractivity contribution < 1.29 is 9.59 Å². The van der Waals surface area contributed by atoms with Gasteiger partial charge in [-0.05, 0) is 37.0 Å². The first-order valence-electron chi connectivity index (χ1n) is 7.36. The Morgan fingerprint density at radius 3 is 2.38 bits per heavy atom. The van der Waals surface area contributed by atoms with Crippen molar-refractivity contribution in [2.24, 2.45) is 0 Å². The molecule has 0 aliphatic carbocycles. The molecule has 1 aliphatic rings. The molecule has 0 saturated carbocycles. The highest BCUT2D eigenvalue weighted by Gasteiger charge is 2.22. The van der Waals surface area contributed by atoms with Crippen molar-refractivity contribution >= 4 is 23.4 Å². The third-order valence-corrected chi connectivity index (χ3v) is 3.99. The predicted octanol–water partition coefficient (Wildman–Crippen LogP) is 2.92. The lowest BCUT2D eigenvalue weighted by molar-refractivity contribution is -0.132.